The van der Waals surface area contributed by atoms with Crippen molar-refractivity contribution in [1.29, 1.82) is 0 Å². The Balaban J connectivity index is 2.14. The monoisotopic (exact) mass is 371 g/mol. The number of nitrogens with zero attached hydrogens (tertiary/aromatic N) is 3. The van der Waals surface area contributed by atoms with Gasteiger partial charge in [-0.2, -0.15) is 0 Å². The van der Waals surface area contributed by atoms with Crippen LogP contribution in [0.2, 0.25) is 0 Å². The number of rotatable bonds is 6. The van der Waals surface area contributed by atoms with Gasteiger partial charge in [-0.25, -0.2) is 9.36 Å². The zero-order valence-electron chi connectivity index (χ0n) is 14.7. The minimum atomic E-state index is -0.929. The summed E-state index contributed by atoms with van der Waals surface area (Å²) in [5, 5.41) is 11.4. The lowest BCUT2D eigenvalue weighted by Gasteiger charge is -2.13. The molecule has 9 nitrogen and oxygen atoms in total. The first kappa shape index (κ1) is 18.2. The molecule has 0 aliphatic carbocycles. The van der Waals surface area contributed by atoms with E-state index in [-0.39, 0.29) is 18.8 Å². The molecule has 0 fully saturated rings. The molecule has 1 aromatic carbocycles. The molecular formula is C18H17N3O6. The minimum Gasteiger partial charge on any atom is -0.497 e. The molecule has 3 rings (SSSR count). The van der Waals surface area contributed by atoms with Gasteiger partial charge in [0.05, 0.1) is 37.6 Å². The molecule has 0 aliphatic heterocycles. The van der Waals surface area contributed by atoms with Crippen molar-refractivity contribution in [3.05, 3.63) is 90.6 Å². The summed E-state index contributed by atoms with van der Waals surface area (Å²) in [6.45, 7) is 1.36. The van der Waals surface area contributed by atoms with Crippen LogP contribution in [-0.2, 0) is 13.1 Å². The lowest BCUT2D eigenvalue weighted by Crippen LogP contribution is -2.42. The Morgan fingerprint density at radius 1 is 1.07 bits per heavy atom. The maximum Gasteiger partial charge on any atom is 0.353 e. The van der Waals surface area contributed by atoms with Gasteiger partial charge >= 0.3 is 16.9 Å². The predicted octanol–water partition coefficient (Wildman–Crippen LogP) is 1.92. The summed E-state index contributed by atoms with van der Waals surface area (Å²) in [4.78, 5) is 36.2. The van der Waals surface area contributed by atoms with Crippen LogP contribution >= 0.6 is 0 Å². The summed E-state index contributed by atoms with van der Waals surface area (Å²) in [6, 6.07) is 8.41. The first-order valence-corrected chi connectivity index (χ1v) is 8.05. The normalized spacial score (nSPS) is 10.7. The van der Waals surface area contributed by atoms with Crippen LogP contribution in [0.5, 0.6) is 5.75 Å². The third-order valence-electron chi connectivity index (χ3n) is 4.26. The van der Waals surface area contributed by atoms with Crippen molar-refractivity contribution in [3.63, 3.8) is 0 Å². The average molecular weight is 371 g/mol. The van der Waals surface area contributed by atoms with E-state index in [1.807, 2.05) is 0 Å². The first-order valence-electron chi connectivity index (χ1n) is 8.05. The molecule has 0 amide bonds. The van der Waals surface area contributed by atoms with Crippen LogP contribution in [0, 0.1) is 17.0 Å². The molecular weight excluding hydrogens is 354 g/mol. The number of hydrogen-bond acceptors (Lipinski definition) is 6. The van der Waals surface area contributed by atoms with Gasteiger partial charge in [0.1, 0.15) is 11.4 Å². The third-order valence-corrected chi connectivity index (χ3v) is 4.26. The van der Waals surface area contributed by atoms with Crippen LogP contribution in [0.15, 0.2) is 56.9 Å². The number of benzene rings is 1. The van der Waals surface area contributed by atoms with E-state index in [0.717, 1.165) is 4.57 Å². The van der Waals surface area contributed by atoms with E-state index in [4.69, 9.17) is 9.15 Å². The van der Waals surface area contributed by atoms with Gasteiger partial charge in [0.15, 0.2) is 0 Å². The van der Waals surface area contributed by atoms with Crippen LogP contribution in [0.1, 0.15) is 16.8 Å². The Hall–Kier alpha value is -3.62. The second-order valence-electron chi connectivity index (χ2n) is 5.93. The highest BCUT2D eigenvalue weighted by molar-refractivity contribution is 5.33. The highest BCUT2D eigenvalue weighted by Gasteiger charge is 2.25. The lowest BCUT2D eigenvalue weighted by molar-refractivity contribution is -0.387. The fraction of sp³-hybridized carbons (Fsp3) is 0.222. The molecule has 0 atom stereocenters. The van der Waals surface area contributed by atoms with Crippen molar-refractivity contribution in [1.82, 2.24) is 9.13 Å². The third kappa shape index (κ3) is 3.52. The summed E-state index contributed by atoms with van der Waals surface area (Å²) >= 11 is 0. The van der Waals surface area contributed by atoms with E-state index >= 15 is 0 Å². The SMILES string of the molecule is COc1ccc(Cn2c(=O)c([N+](=O)[O-])c(C)n(Cc3ccoc3)c2=O)cc1. The quantitative estimate of drug-likeness (QED) is 0.484. The number of furan rings is 1. The molecule has 9 heteroatoms. The molecule has 0 radical (unpaired) electrons. The summed E-state index contributed by atoms with van der Waals surface area (Å²) in [5.74, 6) is 0.623. The Morgan fingerprint density at radius 3 is 2.30 bits per heavy atom. The van der Waals surface area contributed by atoms with Crippen LogP contribution in [0.3, 0.4) is 0 Å². The lowest BCUT2D eigenvalue weighted by atomic mass is 10.2. The van der Waals surface area contributed by atoms with Gasteiger partial charge < -0.3 is 9.15 Å². The van der Waals surface area contributed by atoms with Crippen LogP contribution in [0.25, 0.3) is 0 Å². The molecule has 0 saturated heterocycles. The second kappa shape index (κ2) is 7.32. The highest BCUT2D eigenvalue weighted by atomic mass is 16.6. The van der Waals surface area contributed by atoms with Gasteiger partial charge in [-0.15, -0.1) is 0 Å². The van der Waals surface area contributed by atoms with Crippen molar-refractivity contribution >= 4 is 5.69 Å². The number of ether oxygens (including phenoxy) is 1. The summed E-state index contributed by atoms with van der Waals surface area (Å²) in [6.07, 6.45) is 2.88. The number of nitro groups is 1. The Kier molecular flexibility index (Phi) is 4.93. The van der Waals surface area contributed by atoms with E-state index < -0.39 is 21.9 Å². The van der Waals surface area contributed by atoms with Crippen LogP contribution in [-0.4, -0.2) is 21.2 Å². The van der Waals surface area contributed by atoms with Crippen LogP contribution < -0.4 is 16.0 Å². The smallest absolute Gasteiger partial charge is 0.353 e. The number of methoxy groups -OCH3 is 1. The number of aromatic nitrogens is 2. The number of hydrogen-bond donors (Lipinski definition) is 0. The standard InChI is InChI=1S/C18H17N3O6/c1-12-16(21(24)25)17(22)20(9-13-3-5-15(26-2)6-4-13)18(23)19(12)10-14-7-8-27-11-14/h3-8,11H,9-10H2,1-2H3. The van der Waals surface area contributed by atoms with Crippen molar-refractivity contribution in [3.8, 4) is 5.75 Å². The van der Waals surface area contributed by atoms with Crippen molar-refractivity contribution in [2.24, 2.45) is 0 Å². The van der Waals surface area contributed by atoms with Gasteiger partial charge in [-0.1, -0.05) is 12.1 Å². The highest BCUT2D eigenvalue weighted by Crippen LogP contribution is 2.14. The molecule has 2 aromatic heterocycles. The molecule has 0 N–H and O–H groups in total. The molecule has 140 valence electrons. The van der Waals surface area contributed by atoms with Crippen molar-refractivity contribution in [2.75, 3.05) is 7.11 Å². The van der Waals surface area contributed by atoms with Crippen molar-refractivity contribution < 1.29 is 14.1 Å². The topological polar surface area (TPSA) is 110 Å². The maximum absolute atomic E-state index is 12.9. The molecule has 0 saturated carbocycles. The zero-order chi connectivity index (χ0) is 19.6. The van der Waals surface area contributed by atoms with E-state index in [0.29, 0.717) is 16.9 Å². The minimum absolute atomic E-state index is 0.00202. The second-order valence-corrected chi connectivity index (χ2v) is 5.93. The zero-order valence-corrected chi connectivity index (χ0v) is 14.7. The fourth-order valence-corrected chi connectivity index (χ4v) is 2.80. The Bertz CT molecular complexity index is 1080. The molecule has 0 unspecified atom stereocenters. The Labute approximate surface area is 153 Å². The molecule has 27 heavy (non-hydrogen) atoms. The first-order chi connectivity index (χ1) is 12.9. The van der Waals surface area contributed by atoms with E-state index in [1.165, 1.54) is 31.1 Å². The summed E-state index contributed by atoms with van der Waals surface area (Å²) in [7, 11) is 1.53. The Morgan fingerprint density at radius 2 is 1.74 bits per heavy atom. The van der Waals surface area contributed by atoms with Gasteiger partial charge in [0.2, 0.25) is 0 Å². The molecule has 0 bridgehead atoms. The van der Waals surface area contributed by atoms with Crippen LogP contribution in [0.4, 0.5) is 5.69 Å². The molecule has 2 heterocycles. The fourth-order valence-electron chi connectivity index (χ4n) is 2.80. The van der Waals surface area contributed by atoms with E-state index in [1.54, 1.807) is 30.3 Å². The molecule has 0 aliphatic rings. The van der Waals surface area contributed by atoms with Crippen molar-refractivity contribution in [2.45, 2.75) is 20.0 Å². The van der Waals surface area contributed by atoms with E-state index in [9.17, 15) is 19.7 Å². The van der Waals surface area contributed by atoms with Gasteiger partial charge in [0.25, 0.3) is 0 Å². The average Bonchev–Trinajstić information content (AvgIpc) is 3.16. The molecule has 3 aromatic rings. The summed E-state index contributed by atoms with van der Waals surface area (Å²) in [5.41, 5.74) is -0.872. The van der Waals surface area contributed by atoms with E-state index in [2.05, 4.69) is 0 Å². The summed E-state index contributed by atoms with van der Waals surface area (Å²) < 4.78 is 12.1. The van der Waals surface area contributed by atoms with Gasteiger partial charge in [-0.05, 0) is 30.7 Å². The maximum atomic E-state index is 12.9. The predicted molar refractivity (Wildman–Crippen MR) is 96.3 cm³/mol. The largest absolute Gasteiger partial charge is 0.497 e. The van der Waals surface area contributed by atoms with Gasteiger partial charge in [-0.3, -0.25) is 19.5 Å². The molecule has 0 spiro atoms. The van der Waals surface area contributed by atoms with Gasteiger partial charge in [0, 0.05) is 5.56 Å².